The Kier molecular flexibility index (Phi) is 7.25. The van der Waals surface area contributed by atoms with Crippen LogP contribution in [0.5, 0.6) is 5.75 Å². The average molecular weight is 426 g/mol. The third kappa shape index (κ3) is 5.21. The Morgan fingerprint density at radius 1 is 1.10 bits per heavy atom. The van der Waals surface area contributed by atoms with E-state index < -0.39 is 6.10 Å². The lowest BCUT2D eigenvalue weighted by atomic mass is 10.0. The van der Waals surface area contributed by atoms with Crippen LogP contribution in [-0.2, 0) is 12.8 Å². The van der Waals surface area contributed by atoms with E-state index >= 15 is 0 Å². The van der Waals surface area contributed by atoms with E-state index in [1.54, 1.807) is 0 Å². The fourth-order valence-electron chi connectivity index (χ4n) is 3.26. The van der Waals surface area contributed by atoms with Crippen LogP contribution in [-0.4, -0.2) is 53.6 Å². The first-order valence-corrected chi connectivity index (χ1v) is 10.5. The first kappa shape index (κ1) is 22.7. The largest absolute Gasteiger partial charge is 0.490 e. The van der Waals surface area contributed by atoms with Gasteiger partial charge in [0.05, 0.1) is 0 Å². The summed E-state index contributed by atoms with van der Waals surface area (Å²) in [4.78, 5) is 11.2. The highest BCUT2D eigenvalue weighted by Crippen LogP contribution is 2.31. The number of aryl methyl sites for hydroxylation is 3. The van der Waals surface area contributed by atoms with Gasteiger partial charge in [0, 0.05) is 37.5 Å². The molecule has 0 spiro atoms. The summed E-state index contributed by atoms with van der Waals surface area (Å²) in [7, 11) is 3.91. The standard InChI is InChI=1S/C23H31N5O3/c1-6-15-9-16(8-14(3)21(15)30-13-19(29)12-24)22-26-23(31-27-22)17-10-18(7-2)25-20(11-17)28(4)5/h8-11,19,29H,6-7,12-13,24H2,1-5H3. The van der Waals surface area contributed by atoms with Crippen LogP contribution >= 0.6 is 0 Å². The van der Waals surface area contributed by atoms with Gasteiger partial charge in [-0.15, -0.1) is 0 Å². The Hall–Kier alpha value is -2.97. The molecule has 0 aliphatic heterocycles. The molecule has 166 valence electrons. The number of benzene rings is 1. The van der Waals surface area contributed by atoms with Crippen molar-refractivity contribution in [1.29, 1.82) is 0 Å². The number of hydrogen-bond donors (Lipinski definition) is 2. The molecule has 0 aliphatic rings. The predicted molar refractivity (Wildman–Crippen MR) is 121 cm³/mol. The van der Waals surface area contributed by atoms with Crippen molar-refractivity contribution < 1.29 is 14.4 Å². The van der Waals surface area contributed by atoms with Crippen LogP contribution in [0.1, 0.15) is 30.7 Å². The van der Waals surface area contributed by atoms with E-state index in [-0.39, 0.29) is 13.2 Å². The lowest BCUT2D eigenvalue weighted by Crippen LogP contribution is -2.27. The second-order valence-corrected chi connectivity index (χ2v) is 7.71. The molecule has 0 bridgehead atoms. The number of aliphatic hydroxyl groups is 1. The van der Waals surface area contributed by atoms with Crippen molar-refractivity contribution in [2.45, 2.75) is 39.7 Å². The van der Waals surface area contributed by atoms with Crippen LogP contribution in [0, 0.1) is 6.92 Å². The highest BCUT2D eigenvalue weighted by Gasteiger charge is 2.17. The lowest BCUT2D eigenvalue weighted by molar-refractivity contribution is 0.113. The van der Waals surface area contributed by atoms with Gasteiger partial charge < -0.3 is 25.0 Å². The Morgan fingerprint density at radius 2 is 1.87 bits per heavy atom. The van der Waals surface area contributed by atoms with Crippen molar-refractivity contribution in [1.82, 2.24) is 15.1 Å². The number of nitrogens with two attached hydrogens (primary N) is 1. The number of aliphatic hydroxyl groups excluding tert-OH is 1. The molecule has 31 heavy (non-hydrogen) atoms. The van der Waals surface area contributed by atoms with Gasteiger partial charge in [0.25, 0.3) is 5.89 Å². The molecule has 0 fully saturated rings. The SMILES string of the molecule is CCc1cc(-c2nc(-c3cc(C)c(OCC(O)CN)c(CC)c3)no2)cc(N(C)C)n1. The molecule has 2 aromatic heterocycles. The summed E-state index contributed by atoms with van der Waals surface area (Å²) in [6.45, 7) is 6.41. The molecular weight excluding hydrogens is 394 g/mol. The summed E-state index contributed by atoms with van der Waals surface area (Å²) in [5.41, 5.74) is 10.1. The molecule has 0 aliphatic carbocycles. The van der Waals surface area contributed by atoms with Gasteiger partial charge in [-0.3, -0.25) is 0 Å². The lowest BCUT2D eigenvalue weighted by Gasteiger charge is -2.16. The molecule has 1 aromatic carbocycles. The topological polar surface area (TPSA) is 111 Å². The molecule has 1 atom stereocenters. The van der Waals surface area contributed by atoms with Crippen LogP contribution in [0.2, 0.25) is 0 Å². The molecular formula is C23H31N5O3. The van der Waals surface area contributed by atoms with Gasteiger partial charge in [-0.05, 0) is 55.2 Å². The van der Waals surface area contributed by atoms with E-state index in [1.165, 1.54) is 0 Å². The Labute approximate surface area is 183 Å². The van der Waals surface area contributed by atoms with E-state index in [0.717, 1.165) is 52.4 Å². The minimum atomic E-state index is -0.691. The van der Waals surface area contributed by atoms with Crippen molar-refractivity contribution in [3.63, 3.8) is 0 Å². The maximum atomic E-state index is 9.72. The van der Waals surface area contributed by atoms with E-state index in [2.05, 4.69) is 29.0 Å². The number of rotatable bonds is 9. The van der Waals surface area contributed by atoms with Crippen molar-refractivity contribution in [3.8, 4) is 28.6 Å². The monoisotopic (exact) mass is 425 g/mol. The number of anilines is 1. The summed E-state index contributed by atoms with van der Waals surface area (Å²) in [6, 6.07) is 7.89. The summed E-state index contributed by atoms with van der Waals surface area (Å²) in [5, 5.41) is 13.9. The van der Waals surface area contributed by atoms with Crippen LogP contribution in [0.15, 0.2) is 28.8 Å². The molecule has 0 amide bonds. The maximum Gasteiger partial charge on any atom is 0.258 e. The highest BCUT2D eigenvalue weighted by molar-refractivity contribution is 5.65. The number of aromatic nitrogens is 3. The summed E-state index contributed by atoms with van der Waals surface area (Å²) in [5.74, 6) is 2.58. The number of pyridine rings is 1. The quantitative estimate of drug-likeness (QED) is 0.538. The van der Waals surface area contributed by atoms with Crippen LogP contribution in [0.3, 0.4) is 0 Å². The summed E-state index contributed by atoms with van der Waals surface area (Å²) >= 11 is 0. The molecule has 8 nitrogen and oxygen atoms in total. The van der Waals surface area contributed by atoms with Crippen LogP contribution in [0.25, 0.3) is 22.8 Å². The average Bonchev–Trinajstić information content (AvgIpc) is 3.27. The van der Waals surface area contributed by atoms with Gasteiger partial charge in [-0.1, -0.05) is 19.0 Å². The number of hydrogen-bond acceptors (Lipinski definition) is 8. The zero-order valence-electron chi connectivity index (χ0n) is 18.8. The molecule has 3 aromatic rings. The molecule has 1 unspecified atom stereocenters. The van der Waals surface area contributed by atoms with Gasteiger partial charge in [-0.25, -0.2) is 4.98 Å². The molecule has 0 saturated carbocycles. The number of nitrogens with zero attached hydrogens (tertiary/aromatic N) is 4. The van der Waals surface area contributed by atoms with Gasteiger partial charge in [0.1, 0.15) is 24.3 Å². The highest BCUT2D eigenvalue weighted by atomic mass is 16.5. The van der Waals surface area contributed by atoms with Crippen molar-refractivity contribution >= 4 is 5.82 Å². The molecule has 3 rings (SSSR count). The fraction of sp³-hybridized carbons (Fsp3) is 0.435. The van der Waals surface area contributed by atoms with Crippen molar-refractivity contribution in [3.05, 3.63) is 41.1 Å². The second kappa shape index (κ2) is 9.89. The number of ether oxygens (including phenoxy) is 1. The third-order valence-corrected chi connectivity index (χ3v) is 5.04. The Morgan fingerprint density at radius 3 is 2.52 bits per heavy atom. The van der Waals surface area contributed by atoms with E-state index in [0.29, 0.717) is 11.7 Å². The van der Waals surface area contributed by atoms with Gasteiger partial charge >= 0.3 is 0 Å². The molecule has 8 heteroatoms. The third-order valence-electron chi connectivity index (χ3n) is 5.04. The van der Waals surface area contributed by atoms with Gasteiger partial charge in [0.2, 0.25) is 5.82 Å². The fourth-order valence-corrected chi connectivity index (χ4v) is 3.26. The second-order valence-electron chi connectivity index (χ2n) is 7.71. The minimum absolute atomic E-state index is 0.159. The van der Waals surface area contributed by atoms with E-state index in [1.807, 2.05) is 50.2 Å². The maximum absolute atomic E-state index is 9.72. The first-order valence-electron chi connectivity index (χ1n) is 10.5. The van der Waals surface area contributed by atoms with E-state index in [4.69, 9.17) is 15.0 Å². The zero-order chi connectivity index (χ0) is 22.5. The smallest absolute Gasteiger partial charge is 0.258 e. The molecule has 2 heterocycles. The van der Waals surface area contributed by atoms with Crippen LogP contribution in [0.4, 0.5) is 5.82 Å². The normalized spacial score (nSPS) is 12.1. The molecule has 0 radical (unpaired) electrons. The van der Waals surface area contributed by atoms with Crippen molar-refractivity contribution in [2.24, 2.45) is 5.73 Å². The summed E-state index contributed by atoms with van der Waals surface area (Å²) < 4.78 is 11.4. The minimum Gasteiger partial charge on any atom is -0.490 e. The first-order chi connectivity index (χ1) is 14.9. The summed E-state index contributed by atoms with van der Waals surface area (Å²) in [6.07, 6.45) is 0.891. The van der Waals surface area contributed by atoms with Gasteiger partial charge in [0.15, 0.2) is 0 Å². The Balaban J connectivity index is 1.94. The van der Waals surface area contributed by atoms with E-state index in [9.17, 15) is 5.11 Å². The van der Waals surface area contributed by atoms with Gasteiger partial charge in [-0.2, -0.15) is 4.98 Å². The Bertz CT molecular complexity index is 1030. The van der Waals surface area contributed by atoms with Crippen LogP contribution < -0.4 is 15.4 Å². The predicted octanol–water partition coefficient (Wildman–Crippen LogP) is 3.00. The molecule has 3 N–H and O–H groups in total. The van der Waals surface area contributed by atoms with Crippen molar-refractivity contribution in [2.75, 3.05) is 32.1 Å². The zero-order valence-corrected chi connectivity index (χ0v) is 18.8. The molecule has 0 saturated heterocycles.